The van der Waals surface area contributed by atoms with E-state index < -0.39 is 0 Å². The molecule has 0 aromatic carbocycles. The molecule has 4 nitrogen and oxygen atoms in total. The number of nitrogens with zero attached hydrogens (tertiary/aromatic N) is 2. The van der Waals surface area contributed by atoms with Crippen LogP contribution >= 0.6 is 0 Å². The van der Waals surface area contributed by atoms with Crippen LogP contribution in [0.15, 0.2) is 6.20 Å². The van der Waals surface area contributed by atoms with Crippen molar-refractivity contribution in [2.24, 2.45) is 7.05 Å². The van der Waals surface area contributed by atoms with Crippen molar-refractivity contribution in [3.8, 4) is 0 Å². The van der Waals surface area contributed by atoms with Gasteiger partial charge in [-0.15, -0.1) is 0 Å². The highest BCUT2D eigenvalue weighted by molar-refractivity contribution is 5.24. The SMILES string of the molecule is Cn1ncc2c1CCCC2NC1CCNCC1. The van der Waals surface area contributed by atoms with Gasteiger partial charge in [-0.1, -0.05) is 0 Å². The van der Waals surface area contributed by atoms with Crippen LogP contribution < -0.4 is 10.6 Å². The van der Waals surface area contributed by atoms with E-state index in [-0.39, 0.29) is 0 Å². The Bertz CT molecular complexity index is 379. The first kappa shape index (κ1) is 11.2. The van der Waals surface area contributed by atoms with Gasteiger partial charge in [0, 0.05) is 30.4 Å². The molecule has 1 saturated heterocycles. The Balaban J connectivity index is 1.71. The maximum Gasteiger partial charge on any atom is 0.0540 e. The Morgan fingerprint density at radius 1 is 1.35 bits per heavy atom. The van der Waals surface area contributed by atoms with E-state index in [0.717, 1.165) is 13.1 Å². The molecule has 2 heterocycles. The molecule has 2 aliphatic rings. The minimum absolute atomic E-state index is 0.538. The predicted octanol–water partition coefficient (Wildman–Crippen LogP) is 1.14. The third kappa shape index (κ3) is 2.24. The van der Waals surface area contributed by atoms with Crippen molar-refractivity contribution < 1.29 is 0 Å². The molecule has 0 saturated carbocycles. The highest BCUT2D eigenvalue weighted by Gasteiger charge is 2.25. The van der Waals surface area contributed by atoms with Crippen molar-refractivity contribution >= 4 is 0 Å². The summed E-state index contributed by atoms with van der Waals surface area (Å²) in [5.41, 5.74) is 2.87. The zero-order valence-corrected chi connectivity index (χ0v) is 10.6. The van der Waals surface area contributed by atoms with Crippen LogP contribution in [-0.2, 0) is 13.5 Å². The smallest absolute Gasteiger partial charge is 0.0540 e. The molecule has 0 radical (unpaired) electrons. The van der Waals surface area contributed by atoms with Gasteiger partial charge in [0.1, 0.15) is 0 Å². The van der Waals surface area contributed by atoms with Crippen molar-refractivity contribution in [2.45, 2.75) is 44.2 Å². The first-order valence-electron chi connectivity index (χ1n) is 6.82. The van der Waals surface area contributed by atoms with Gasteiger partial charge in [-0.3, -0.25) is 4.68 Å². The fourth-order valence-corrected chi connectivity index (χ4v) is 3.15. The molecule has 17 heavy (non-hydrogen) atoms. The van der Waals surface area contributed by atoms with Crippen LogP contribution in [0.4, 0.5) is 0 Å². The topological polar surface area (TPSA) is 41.9 Å². The fourth-order valence-electron chi connectivity index (χ4n) is 3.15. The third-order valence-corrected chi connectivity index (χ3v) is 4.15. The molecule has 1 aliphatic heterocycles. The normalized spacial score (nSPS) is 25.8. The largest absolute Gasteiger partial charge is 0.317 e. The number of fused-ring (bicyclic) bond motifs is 1. The molecule has 1 aliphatic carbocycles. The second kappa shape index (κ2) is 4.78. The summed E-state index contributed by atoms with van der Waals surface area (Å²) in [7, 11) is 2.06. The minimum Gasteiger partial charge on any atom is -0.317 e. The lowest BCUT2D eigenvalue weighted by molar-refractivity contribution is 0.329. The average Bonchev–Trinajstić information content (AvgIpc) is 2.74. The molecule has 1 aromatic rings. The maximum absolute atomic E-state index is 4.41. The quantitative estimate of drug-likeness (QED) is 0.806. The zero-order chi connectivity index (χ0) is 11.7. The predicted molar refractivity (Wildman–Crippen MR) is 67.9 cm³/mol. The van der Waals surface area contributed by atoms with Gasteiger partial charge in [-0.25, -0.2) is 0 Å². The molecule has 1 atom stereocenters. The second-order valence-corrected chi connectivity index (χ2v) is 5.31. The summed E-state index contributed by atoms with van der Waals surface area (Å²) in [6.45, 7) is 2.31. The van der Waals surface area contributed by atoms with Crippen LogP contribution in [0.5, 0.6) is 0 Å². The van der Waals surface area contributed by atoms with E-state index in [4.69, 9.17) is 0 Å². The number of rotatable bonds is 2. The summed E-state index contributed by atoms with van der Waals surface area (Å²) < 4.78 is 2.05. The van der Waals surface area contributed by atoms with Crippen molar-refractivity contribution in [1.29, 1.82) is 0 Å². The van der Waals surface area contributed by atoms with Gasteiger partial charge in [-0.2, -0.15) is 5.10 Å². The zero-order valence-electron chi connectivity index (χ0n) is 10.6. The van der Waals surface area contributed by atoms with Gasteiger partial charge in [0.15, 0.2) is 0 Å². The number of nitrogens with one attached hydrogen (secondary N) is 2. The number of piperidine rings is 1. The van der Waals surface area contributed by atoms with Gasteiger partial charge < -0.3 is 10.6 Å². The highest BCUT2D eigenvalue weighted by atomic mass is 15.3. The van der Waals surface area contributed by atoms with Crippen molar-refractivity contribution in [3.05, 3.63) is 17.5 Å². The van der Waals surface area contributed by atoms with Gasteiger partial charge in [0.05, 0.1) is 6.20 Å². The summed E-state index contributed by atoms with van der Waals surface area (Å²) in [5.74, 6) is 0. The first-order chi connectivity index (χ1) is 8.34. The van der Waals surface area contributed by atoms with Gasteiger partial charge in [-0.05, 0) is 45.2 Å². The molecule has 1 aromatic heterocycles. The van der Waals surface area contributed by atoms with Gasteiger partial charge in [0.25, 0.3) is 0 Å². The molecule has 0 bridgehead atoms. The number of aryl methyl sites for hydroxylation is 1. The Hall–Kier alpha value is -0.870. The number of hydrogen-bond acceptors (Lipinski definition) is 3. The van der Waals surface area contributed by atoms with Gasteiger partial charge in [0.2, 0.25) is 0 Å². The summed E-state index contributed by atoms with van der Waals surface area (Å²) in [4.78, 5) is 0. The second-order valence-electron chi connectivity index (χ2n) is 5.31. The van der Waals surface area contributed by atoms with E-state index in [1.165, 1.54) is 43.4 Å². The summed E-state index contributed by atoms with van der Waals surface area (Å²) in [6, 6.07) is 1.22. The Morgan fingerprint density at radius 2 is 2.18 bits per heavy atom. The Labute approximate surface area is 103 Å². The van der Waals surface area contributed by atoms with Crippen LogP contribution in [0.2, 0.25) is 0 Å². The van der Waals surface area contributed by atoms with E-state index in [9.17, 15) is 0 Å². The third-order valence-electron chi connectivity index (χ3n) is 4.15. The van der Waals surface area contributed by atoms with Crippen LogP contribution in [0.25, 0.3) is 0 Å². The summed E-state index contributed by atoms with van der Waals surface area (Å²) in [6.07, 6.45) is 8.32. The fraction of sp³-hybridized carbons (Fsp3) is 0.769. The molecule has 0 amide bonds. The average molecular weight is 234 g/mol. The lowest BCUT2D eigenvalue weighted by Crippen LogP contribution is -2.42. The monoisotopic (exact) mass is 234 g/mol. The molecular weight excluding hydrogens is 212 g/mol. The van der Waals surface area contributed by atoms with Crippen LogP contribution in [0.3, 0.4) is 0 Å². The molecule has 0 spiro atoms. The standard InChI is InChI=1S/C13H22N4/c1-17-13-4-2-3-12(11(13)9-15-17)16-10-5-7-14-8-6-10/h9-10,12,14,16H,2-8H2,1H3. The van der Waals surface area contributed by atoms with Crippen molar-refractivity contribution in [3.63, 3.8) is 0 Å². The molecule has 2 N–H and O–H groups in total. The van der Waals surface area contributed by atoms with Crippen LogP contribution in [0, 0.1) is 0 Å². The Morgan fingerprint density at radius 3 is 3.00 bits per heavy atom. The maximum atomic E-state index is 4.41. The summed E-state index contributed by atoms with van der Waals surface area (Å²) >= 11 is 0. The number of hydrogen-bond donors (Lipinski definition) is 2. The lowest BCUT2D eigenvalue weighted by atomic mass is 9.91. The van der Waals surface area contributed by atoms with E-state index >= 15 is 0 Å². The van der Waals surface area contributed by atoms with Crippen molar-refractivity contribution in [1.82, 2.24) is 20.4 Å². The van der Waals surface area contributed by atoms with Crippen LogP contribution in [0.1, 0.15) is 43.0 Å². The lowest BCUT2D eigenvalue weighted by Gasteiger charge is -2.31. The van der Waals surface area contributed by atoms with Crippen LogP contribution in [-0.4, -0.2) is 28.9 Å². The Kier molecular flexibility index (Phi) is 3.16. The highest BCUT2D eigenvalue weighted by Crippen LogP contribution is 2.30. The number of aromatic nitrogens is 2. The van der Waals surface area contributed by atoms with Crippen molar-refractivity contribution in [2.75, 3.05) is 13.1 Å². The van der Waals surface area contributed by atoms with E-state index in [1.54, 1.807) is 0 Å². The minimum atomic E-state index is 0.538. The molecule has 4 heteroatoms. The van der Waals surface area contributed by atoms with E-state index in [2.05, 4.69) is 29.0 Å². The molecular formula is C13H22N4. The molecule has 1 fully saturated rings. The first-order valence-corrected chi connectivity index (χ1v) is 6.82. The van der Waals surface area contributed by atoms with Gasteiger partial charge >= 0.3 is 0 Å². The molecule has 94 valence electrons. The molecule has 1 unspecified atom stereocenters. The molecule has 3 rings (SSSR count). The van der Waals surface area contributed by atoms with E-state index in [0.29, 0.717) is 12.1 Å². The summed E-state index contributed by atoms with van der Waals surface area (Å²) in [5, 5.41) is 11.7. The van der Waals surface area contributed by atoms with E-state index in [1.807, 2.05) is 4.68 Å².